The van der Waals surface area contributed by atoms with E-state index in [0.717, 1.165) is 6.42 Å². The first-order chi connectivity index (χ1) is 8.58. The highest BCUT2D eigenvalue weighted by molar-refractivity contribution is 7.09. The van der Waals surface area contributed by atoms with Crippen molar-refractivity contribution in [2.45, 2.75) is 19.4 Å². The molecule has 0 saturated carbocycles. The van der Waals surface area contributed by atoms with Gasteiger partial charge in [-0.1, -0.05) is 6.07 Å². The Kier molecular flexibility index (Phi) is 4.04. The summed E-state index contributed by atoms with van der Waals surface area (Å²) in [5.74, 6) is 0.680. The van der Waals surface area contributed by atoms with Gasteiger partial charge in [0.05, 0.1) is 11.9 Å². The van der Waals surface area contributed by atoms with Gasteiger partial charge in [-0.2, -0.15) is 4.98 Å². The Morgan fingerprint density at radius 2 is 2.33 bits per heavy atom. The molecule has 0 amide bonds. The lowest BCUT2D eigenvalue weighted by Crippen LogP contribution is -2.32. The molecular weight excluding hydrogens is 268 g/mol. The Morgan fingerprint density at radius 3 is 3.00 bits per heavy atom. The zero-order chi connectivity index (χ0) is 13.1. The standard InChI is InChI=1S/C12H15ClN4S/c1-8(6-9-4-3-5-18-9)17(2)11-10(14)7-15-12(13)16-11/h3-5,7-8H,6,14H2,1-2H3. The van der Waals surface area contributed by atoms with Crippen molar-refractivity contribution < 1.29 is 0 Å². The van der Waals surface area contributed by atoms with Gasteiger partial charge in [0.1, 0.15) is 0 Å². The highest BCUT2D eigenvalue weighted by Gasteiger charge is 2.15. The summed E-state index contributed by atoms with van der Waals surface area (Å²) in [6.45, 7) is 2.13. The van der Waals surface area contributed by atoms with Crippen molar-refractivity contribution in [3.63, 3.8) is 0 Å². The van der Waals surface area contributed by atoms with Crippen molar-refractivity contribution in [3.05, 3.63) is 33.9 Å². The van der Waals surface area contributed by atoms with Crippen molar-refractivity contribution in [2.24, 2.45) is 0 Å². The van der Waals surface area contributed by atoms with E-state index in [0.29, 0.717) is 11.5 Å². The summed E-state index contributed by atoms with van der Waals surface area (Å²) in [5.41, 5.74) is 6.42. The van der Waals surface area contributed by atoms with E-state index in [1.807, 2.05) is 11.9 Å². The molecule has 1 atom stereocenters. The normalized spacial score (nSPS) is 12.4. The second-order valence-electron chi connectivity index (χ2n) is 4.16. The van der Waals surface area contributed by atoms with Crippen LogP contribution in [-0.4, -0.2) is 23.1 Å². The minimum absolute atomic E-state index is 0.217. The molecule has 0 bridgehead atoms. The van der Waals surface area contributed by atoms with Gasteiger partial charge in [-0.3, -0.25) is 0 Å². The highest BCUT2D eigenvalue weighted by Crippen LogP contribution is 2.23. The molecule has 0 aliphatic carbocycles. The molecule has 6 heteroatoms. The van der Waals surface area contributed by atoms with E-state index in [-0.39, 0.29) is 11.3 Å². The van der Waals surface area contributed by atoms with Crippen molar-refractivity contribution in [2.75, 3.05) is 17.7 Å². The molecule has 0 aliphatic rings. The van der Waals surface area contributed by atoms with Crippen molar-refractivity contribution in [1.82, 2.24) is 9.97 Å². The molecule has 0 aliphatic heterocycles. The molecule has 0 radical (unpaired) electrons. The van der Waals surface area contributed by atoms with E-state index < -0.39 is 0 Å². The van der Waals surface area contributed by atoms with Crippen LogP contribution >= 0.6 is 22.9 Å². The van der Waals surface area contributed by atoms with Gasteiger partial charge >= 0.3 is 0 Å². The third-order valence-corrected chi connectivity index (χ3v) is 3.92. The average molecular weight is 283 g/mol. The summed E-state index contributed by atoms with van der Waals surface area (Å²) >= 11 is 7.56. The molecule has 2 N–H and O–H groups in total. The molecule has 0 spiro atoms. The van der Waals surface area contributed by atoms with E-state index >= 15 is 0 Å². The van der Waals surface area contributed by atoms with Gasteiger partial charge in [0.2, 0.25) is 5.28 Å². The summed E-state index contributed by atoms with van der Waals surface area (Å²) in [6, 6.07) is 4.48. The van der Waals surface area contributed by atoms with Crippen LogP contribution in [0.3, 0.4) is 0 Å². The number of halogens is 1. The predicted molar refractivity (Wildman–Crippen MR) is 77.3 cm³/mol. The first kappa shape index (κ1) is 13.1. The lowest BCUT2D eigenvalue weighted by Gasteiger charge is -2.26. The summed E-state index contributed by atoms with van der Waals surface area (Å²) in [7, 11) is 1.97. The molecule has 1 unspecified atom stereocenters. The lowest BCUT2D eigenvalue weighted by molar-refractivity contribution is 0.680. The number of hydrogen-bond donors (Lipinski definition) is 1. The van der Waals surface area contributed by atoms with E-state index in [1.54, 1.807) is 17.5 Å². The predicted octanol–water partition coefficient (Wildman–Crippen LogP) is 2.84. The number of thiophene rings is 1. The molecule has 2 heterocycles. The number of likely N-dealkylation sites (N-methyl/N-ethyl adjacent to an activating group) is 1. The molecule has 4 nitrogen and oxygen atoms in total. The number of nitrogens with zero attached hydrogens (tertiary/aromatic N) is 3. The molecule has 2 aromatic rings. The lowest BCUT2D eigenvalue weighted by atomic mass is 10.2. The van der Waals surface area contributed by atoms with Gasteiger partial charge < -0.3 is 10.6 Å². The minimum Gasteiger partial charge on any atom is -0.394 e. The van der Waals surface area contributed by atoms with Gasteiger partial charge in [0.25, 0.3) is 0 Å². The summed E-state index contributed by atoms with van der Waals surface area (Å²) in [5, 5.41) is 2.30. The van der Waals surface area contributed by atoms with Crippen LogP contribution in [0.25, 0.3) is 0 Å². The van der Waals surface area contributed by atoms with Crippen LogP contribution < -0.4 is 10.6 Å². The fourth-order valence-corrected chi connectivity index (χ4v) is 2.66. The maximum absolute atomic E-state index is 5.88. The fourth-order valence-electron chi connectivity index (χ4n) is 1.71. The van der Waals surface area contributed by atoms with Gasteiger partial charge in [-0.05, 0) is 30.0 Å². The van der Waals surface area contributed by atoms with Crippen LogP contribution in [0, 0.1) is 0 Å². The smallest absolute Gasteiger partial charge is 0.224 e. The number of hydrogen-bond acceptors (Lipinski definition) is 5. The van der Waals surface area contributed by atoms with Crippen LogP contribution in [-0.2, 0) is 6.42 Å². The maximum Gasteiger partial charge on any atom is 0.224 e. The zero-order valence-electron chi connectivity index (χ0n) is 10.3. The molecule has 0 fully saturated rings. The molecule has 0 aromatic carbocycles. The Balaban J connectivity index is 2.14. The molecule has 2 rings (SSSR count). The minimum atomic E-state index is 0.217. The topological polar surface area (TPSA) is 55.0 Å². The number of nitrogen functional groups attached to an aromatic ring is 1. The highest BCUT2D eigenvalue weighted by atomic mass is 35.5. The summed E-state index contributed by atoms with van der Waals surface area (Å²) in [4.78, 5) is 11.4. The number of aromatic nitrogens is 2. The fraction of sp³-hybridized carbons (Fsp3) is 0.333. The molecule has 18 heavy (non-hydrogen) atoms. The third kappa shape index (κ3) is 2.91. The second-order valence-corrected chi connectivity index (χ2v) is 5.53. The average Bonchev–Trinajstić information content (AvgIpc) is 2.84. The maximum atomic E-state index is 5.88. The number of anilines is 2. The zero-order valence-corrected chi connectivity index (χ0v) is 11.9. The molecular formula is C12H15ClN4S. The monoisotopic (exact) mass is 282 g/mol. The van der Waals surface area contributed by atoms with Gasteiger partial charge in [-0.25, -0.2) is 4.98 Å². The molecule has 2 aromatic heterocycles. The Bertz CT molecular complexity index is 515. The number of nitrogens with two attached hydrogens (primary N) is 1. The van der Waals surface area contributed by atoms with Crippen LogP contribution in [0.4, 0.5) is 11.5 Å². The first-order valence-corrected chi connectivity index (χ1v) is 6.87. The third-order valence-electron chi connectivity index (χ3n) is 2.84. The van der Waals surface area contributed by atoms with Crippen LogP contribution in [0.1, 0.15) is 11.8 Å². The molecule has 0 saturated heterocycles. The first-order valence-electron chi connectivity index (χ1n) is 5.61. The SMILES string of the molecule is CC(Cc1cccs1)N(C)c1nc(Cl)ncc1N. The van der Waals surface area contributed by atoms with E-state index in [9.17, 15) is 0 Å². The Hall–Kier alpha value is -1.33. The van der Waals surface area contributed by atoms with Crippen LogP contribution in [0.2, 0.25) is 5.28 Å². The van der Waals surface area contributed by atoms with Crippen LogP contribution in [0.5, 0.6) is 0 Å². The van der Waals surface area contributed by atoms with Crippen molar-refractivity contribution in [1.29, 1.82) is 0 Å². The summed E-state index contributed by atoms with van der Waals surface area (Å²) in [6.07, 6.45) is 2.49. The second kappa shape index (κ2) is 5.54. The van der Waals surface area contributed by atoms with Crippen LogP contribution in [0.15, 0.2) is 23.7 Å². The Labute approximate surface area is 115 Å². The van der Waals surface area contributed by atoms with Gasteiger partial charge in [0, 0.05) is 24.4 Å². The quantitative estimate of drug-likeness (QED) is 0.876. The summed E-state index contributed by atoms with van der Waals surface area (Å²) < 4.78 is 0. The van der Waals surface area contributed by atoms with E-state index in [2.05, 4.69) is 34.4 Å². The molecule has 96 valence electrons. The Morgan fingerprint density at radius 1 is 1.56 bits per heavy atom. The largest absolute Gasteiger partial charge is 0.394 e. The van der Waals surface area contributed by atoms with Crippen molar-refractivity contribution in [3.8, 4) is 0 Å². The number of rotatable bonds is 4. The van der Waals surface area contributed by atoms with Gasteiger partial charge in [-0.15, -0.1) is 11.3 Å². The van der Waals surface area contributed by atoms with E-state index in [1.165, 1.54) is 4.88 Å². The van der Waals surface area contributed by atoms with Crippen molar-refractivity contribution >= 4 is 34.4 Å². The van der Waals surface area contributed by atoms with Gasteiger partial charge in [0.15, 0.2) is 5.82 Å². The van der Waals surface area contributed by atoms with E-state index in [4.69, 9.17) is 17.3 Å².